The highest BCUT2D eigenvalue weighted by molar-refractivity contribution is 6.09. The van der Waals surface area contributed by atoms with Crippen LogP contribution >= 0.6 is 0 Å². The molecule has 2 aliphatic heterocycles. The molecule has 0 aromatic heterocycles. The molecule has 6 heteroatoms. The van der Waals surface area contributed by atoms with Crippen LogP contribution in [0.5, 0.6) is 0 Å². The van der Waals surface area contributed by atoms with Crippen LogP contribution in [0.4, 0.5) is 4.39 Å². The molecule has 0 spiro atoms. The minimum absolute atomic E-state index is 0.0671. The monoisotopic (exact) mass is 520 g/mol. The summed E-state index contributed by atoms with van der Waals surface area (Å²) in [7, 11) is 1.78. The molecule has 3 unspecified atom stereocenters. The number of hydrogen-bond acceptors (Lipinski definition) is 4. The fourth-order valence-electron chi connectivity index (χ4n) is 6.17. The molecule has 1 N–H and O–H groups in total. The average molecular weight is 521 g/mol. The van der Waals surface area contributed by atoms with E-state index in [1.165, 1.54) is 17.4 Å². The van der Waals surface area contributed by atoms with Gasteiger partial charge in [0.25, 0.3) is 0 Å². The van der Waals surface area contributed by atoms with Gasteiger partial charge in [0.15, 0.2) is 0 Å². The van der Waals surface area contributed by atoms with Crippen LogP contribution in [-0.4, -0.2) is 43.2 Å². The molecular weight excluding hydrogens is 479 g/mol. The number of halogens is 1. The molecule has 204 valence electrons. The maximum atomic E-state index is 15.4. The second kappa shape index (κ2) is 12.2. The molecule has 0 saturated heterocycles. The largest absolute Gasteiger partial charge is 0.500 e. The SMILES string of the molecule is C/C=C/C1=CC(C2(CCCC3=NCCC4=C(C(=O)O)C=NCC4C(C)/C=C\3F)CC2)=C(OC)C(CC)C=C1. The molecule has 5 nitrogen and oxygen atoms in total. The van der Waals surface area contributed by atoms with E-state index >= 15 is 4.39 Å². The van der Waals surface area contributed by atoms with Crippen molar-refractivity contribution in [1.29, 1.82) is 0 Å². The van der Waals surface area contributed by atoms with Gasteiger partial charge in [-0.3, -0.25) is 9.98 Å². The minimum Gasteiger partial charge on any atom is -0.500 e. The summed E-state index contributed by atoms with van der Waals surface area (Å²) >= 11 is 0. The summed E-state index contributed by atoms with van der Waals surface area (Å²) < 4.78 is 21.4. The molecule has 2 heterocycles. The van der Waals surface area contributed by atoms with Crippen molar-refractivity contribution in [3.63, 3.8) is 0 Å². The number of nitrogens with zero attached hydrogens (tertiary/aromatic N) is 2. The predicted octanol–water partition coefficient (Wildman–Crippen LogP) is 7.35. The van der Waals surface area contributed by atoms with Crippen LogP contribution in [0.2, 0.25) is 0 Å². The molecule has 2 aliphatic carbocycles. The van der Waals surface area contributed by atoms with Gasteiger partial charge >= 0.3 is 5.97 Å². The molecule has 4 aliphatic rings. The van der Waals surface area contributed by atoms with Crippen molar-refractivity contribution < 1.29 is 19.0 Å². The first kappa shape index (κ1) is 28.0. The molecule has 0 aromatic carbocycles. The Labute approximate surface area is 226 Å². The van der Waals surface area contributed by atoms with Crippen LogP contribution in [-0.2, 0) is 9.53 Å². The Morgan fingerprint density at radius 1 is 1.34 bits per heavy atom. The third-order valence-corrected chi connectivity index (χ3v) is 8.50. The number of aliphatic imine (C=N–C) groups is 2. The summed E-state index contributed by atoms with van der Waals surface area (Å²) in [6.45, 7) is 7.05. The van der Waals surface area contributed by atoms with Crippen molar-refractivity contribution in [2.75, 3.05) is 20.2 Å². The molecule has 0 aromatic rings. The van der Waals surface area contributed by atoms with Crippen molar-refractivity contribution in [2.24, 2.45) is 33.2 Å². The van der Waals surface area contributed by atoms with Crippen LogP contribution in [0.1, 0.15) is 65.7 Å². The maximum Gasteiger partial charge on any atom is 0.337 e. The van der Waals surface area contributed by atoms with E-state index in [0.717, 1.165) is 43.4 Å². The van der Waals surface area contributed by atoms with Gasteiger partial charge in [0, 0.05) is 31.1 Å². The molecule has 1 saturated carbocycles. The predicted molar refractivity (Wildman–Crippen MR) is 152 cm³/mol. The third-order valence-electron chi connectivity index (χ3n) is 8.50. The number of hydrogen-bond donors (Lipinski definition) is 1. The van der Waals surface area contributed by atoms with Gasteiger partial charge in [0.1, 0.15) is 11.6 Å². The van der Waals surface area contributed by atoms with E-state index in [4.69, 9.17) is 4.74 Å². The lowest BCUT2D eigenvalue weighted by Gasteiger charge is -2.26. The number of methoxy groups -OCH3 is 1. The first-order valence-electron chi connectivity index (χ1n) is 14.0. The van der Waals surface area contributed by atoms with Crippen LogP contribution < -0.4 is 0 Å². The lowest BCUT2D eigenvalue weighted by atomic mass is 9.81. The fourth-order valence-corrected chi connectivity index (χ4v) is 6.17. The summed E-state index contributed by atoms with van der Waals surface area (Å²) in [5, 5.41) is 9.64. The topological polar surface area (TPSA) is 71.2 Å². The van der Waals surface area contributed by atoms with E-state index in [0.29, 0.717) is 31.6 Å². The number of allylic oxidation sites excluding steroid dienone is 9. The Morgan fingerprint density at radius 2 is 2.13 bits per heavy atom. The number of ether oxygens (including phenoxy) is 1. The molecular formula is C32H41FN2O3. The molecule has 0 bridgehead atoms. The number of carboxylic acid groups (broad SMARTS) is 1. The van der Waals surface area contributed by atoms with E-state index in [2.05, 4.69) is 47.3 Å². The number of rotatable bonds is 9. The Morgan fingerprint density at radius 3 is 2.79 bits per heavy atom. The Hall–Kier alpha value is -3.02. The van der Waals surface area contributed by atoms with E-state index in [1.54, 1.807) is 13.2 Å². The van der Waals surface area contributed by atoms with Crippen molar-refractivity contribution >= 4 is 17.9 Å². The normalized spacial score (nSPS) is 28.4. The maximum absolute atomic E-state index is 15.4. The van der Waals surface area contributed by atoms with Crippen LogP contribution in [0, 0.1) is 23.2 Å². The summed E-state index contributed by atoms with van der Waals surface area (Å²) in [6.07, 6.45) is 20.1. The molecule has 3 atom stereocenters. The summed E-state index contributed by atoms with van der Waals surface area (Å²) in [5.41, 5.74) is 4.13. The molecule has 0 radical (unpaired) electrons. The minimum atomic E-state index is -0.973. The van der Waals surface area contributed by atoms with Crippen molar-refractivity contribution in [2.45, 2.75) is 65.7 Å². The highest BCUT2D eigenvalue weighted by Gasteiger charge is 2.47. The lowest BCUT2D eigenvalue weighted by molar-refractivity contribution is -0.132. The number of carbonyl (C=O) groups is 1. The fraction of sp³-hybridized carbons (Fsp3) is 0.531. The molecule has 1 fully saturated rings. The summed E-state index contributed by atoms with van der Waals surface area (Å²) in [5.74, 6) is -0.180. The quantitative estimate of drug-likeness (QED) is 0.345. The first-order valence-corrected chi connectivity index (χ1v) is 14.0. The zero-order valence-electron chi connectivity index (χ0n) is 23.2. The molecule has 0 amide bonds. The smallest absolute Gasteiger partial charge is 0.337 e. The Kier molecular flexibility index (Phi) is 9.01. The third kappa shape index (κ3) is 6.00. The highest BCUT2D eigenvalue weighted by Crippen LogP contribution is 2.58. The van der Waals surface area contributed by atoms with Gasteiger partial charge < -0.3 is 9.84 Å². The van der Waals surface area contributed by atoms with Crippen molar-refractivity contribution in [3.05, 3.63) is 70.3 Å². The lowest BCUT2D eigenvalue weighted by Crippen LogP contribution is -2.24. The van der Waals surface area contributed by atoms with E-state index in [-0.39, 0.29) is 34.6 Å². The van der Waals surface area contributed by atoms with Gasteiger partial charge in [0.05, 0.1) is 18.4 Å². The second-order valence-electron chi connectivity index (χ2n) is 10.9. The van der Waals surface area contributed by atoms with Gasteiger partial charge in [-0.25, -0.2) is 9.18 Å². The summed E-state index contributed by atoms with van der Waals surface area (Å²) in [4.78, 5) is 20.7. The Balaban J connectivity index is 1.52. The standard InChI is InChI=1S/C32H41FN2O3/c1-5-8-22-10-11-23(6-2)30(38-4)27(18-22)32(14-15-32)13-7-9-29-28(33)17-21(3)25-19-34-20-26(31(36)37)24(25)12-16-35-29/h5,8,10-11,17-18,20-21,23,25H,6-7,9,12-16,19H2,1-4H3,(H,36,37)/b8-5+,28-17+,35-29?. The molecule has 38 heavy (non-hydrogen) atoms. The van der Waals surface area contributed by atoms with E-state index in [1.807, 2.05) is 13.8 Å². The van der Waals surface area contributed by atoms with Gasteiger partial charge in [-0.15, -0.1) is 0 Å². The van der Waals surface area contributed by atoms with Crippen molar-refractivity contribution in [3.8, 4) is 0 Å². The summed E-state index contributed by atoms with van der Waals surface area (Å²) in [6, 6.07) is 0. The van der Waals surface area contributed by atoms with Crippen molar-refractivity contribution in [1.82, 2.24) is 0 Å². The van der Waals surface area contributed by atoms with Gasteiger partial charge in [-0.05, 0) is 92.1 Å². The van der Waals surface area contributed by atoms with Crippen LogP contribution in [0.3, 0.4) is 0 Å². The van der Waals surface area contributed by atoms with Gasteiger partial charge in [0.2, 0.25) is 0 Å². The van der Waals surface area contributed by atoms with Crippen LogP contribution in [0.25, 0.3) is 0 Å². The zero-order valence-corrected chi connectivity index (χ0v) is 23.2. The number of dihydropyridines is 1. The Bertz CT molecular complexity index is 1180. The molecule has 4 rings (SSSR count). The van der Waals surface area contributed by atoms with E-state index < -0.39 is 5.97 Å². The van der Waals surface area contributed by atoms with E-state index in [9.17, 15) is 9.90 Å². The number of fused-ring (bicyclic) bond motifs is 1. The average Bonchev–Trinajstić information content (AvgIpc) is 3.70. The highest BCUT2D eigenvalue weighted by atomic mass is 19.1. The van der Waals surface area contributed by atoms with Crippen LogP contribution in [0.15, 0.2) is 80.3 Å². The van der Waals surface area contributed by atoms with Gasteiger partial charge in [-0.1, -0.05) is 38.2 Å². The van der Waals surface area contributed by atoms with Gasteiger partial charge in [-0.2, -0.15) is 0 Å². The zero-order chi connectivity index (χ0) is 27.3. The second-order valence-corrected chi connectivity index (χ2v) is 10.9. The number of aliphatic carboxylic acids is 1. The first-order chi connectivity index (χ1) is 18.3. The number of carboxylic acids is 1.